The third-order valence-corrected chi connectivity index (χ3v) is 5.02. The Kier molecular flexibility index (Phi) is 4.85. The van der Waals surface area contributed by atoms with Crippen LogP contribution >= 0.6 is 11.6 Å². The number of halogens is 1. The molecule has 22 heavy (non-hydrogen) atoms. The minimum absolute atomic E-state index is 0.598. The highest BCUT2D eigenvalue weighted by Crippen LogP contribution is 2.30. The van der Waals surface area contributed by atoms with Gasteiger partial charge < -0.3 is 0 Å². The zero-order valence-electron chi connectivity index (χ0n) is 13.4. The zero-order valence-corrected chi connectivity index (χ0v) is 14.2. The average molecular weight is 314 g/mol. The minimum Gasteiger partial charge on any atom is -0.295 e. The molecule has 0 saturated carbocycles. The Balaban J connectivity index is 1.63. The summed E-state index contributed by atoms with van der Waals surface area (Å²) < 4.78 is 0. The van der Waals surface area contributed by atoms with Gasteiger partial charge in [0.25, 0.3) is 0 Å². The predicted molar refractivity (Wildman–Crippen MR) is 94.2 cm³/mol. The third kappa shape index (κ3) is 3.53. The lowest BCUT2D eigenvalue weighted by atomic mass is 9.85. The van der Waals surface area contributed by atoms with Gasteiger partial charge in [0.2, 0.25) is 0 Å². The van der Waals surface area contributed by atoms with E-state index in [2.05, 4.69) is 55.1 Å². The van der Waals surface area contributed by atoms with Gasteiger partial charge in [-0.1, -0.05) is 61.8 Å². The van der Waals surface area contributed by atoms with Gasteiger partial charge in [-0.15, -0.1) is 0 Å². The normalized spacial score (nSPS) is 16.0. The van der Waals surface area contributed by atoms with Gasteiger partial charge in [0.15, 0.2) is 0 Å². The molecule has 2 aromatic rings. The standard InChI is InChI=1S/C20H24ClN/c1-15(2)20(16-7-9-19(21)10-8-16)11-12-22-13-17-5-3-4-6-18(17)14-22/h3-10,15,20H,11-14H2,1-2H3. The Labute approximate surface area is 138 Å². The summed E-state index contributed by atoms with van der Waals surface area (Å²) >= 11 is 6.02. The predicted octanol–water partition coefficient (Wildman–Crippen LogP) is 5.49. The van der Waals surface area contributed by atoms with Crippen LogP contribution in [0.5, 0.6) is 0 Å². The molecule has 0 aliphatic carbocycles. The van der Waals surface area contributed by atoms with Crippen LogP contribution in [0.2, 0.25) is 5.02 Å². The summed E-state index contributed by atoms with van der Waals surface area (Å²) in [4.78, 5) is 2.57. The molecule has 0 bridgehead atoms. The van der Waals surface area contributed by atoms with Crippen molar-refractivity contribution in [3.63, 3.8) is 0 Å². The molecule has 116 valence electrons. The Bertz CT molecular complexity index is 593. The monoisotopic (exact) mass is 313 g/mol. The lowest BCUT2D eigenvalue weighted by Crippen LogP contribution is -2.21. The van der Waals surface area contributed by atoms with Crippen LogP contribution in [-0.4, -0.2) is 11.4 Å². The molecular formula is C20H24ClN. The summed E-state index contributed by atoms with van der Waals surface area (Å²) in [5.41, 5.74) is 4.40. The Hall–Kier alpha value is -1.31. The van der Waals surface area contributed by atoms with Crippen molar-refractivity contribution in [1.82, 2.24) is 4.90 Å². The molecule has 1 aliphatic heterocycles. The van der Waals surface area contributed by atoms with Gasteiger partial charge in [-0.2, -0.15) is 0 Å². The van der Waals surface area contributed by atoms with Gasteiger partial charge in [0, 0.05) is 18.1 Å². The summed E-state index contributed by atoms with van der Waals surface area (Å²) in [5, 5.41) is 0.821. The van der Waals surface area contributed by atoms with E-state index in [1.807, 2.05) is 12.1 Å². The molecule has 3 rings (SSSR count). The fourth-order valence-corrected chi connectivity index (χ4v) is 3.60. The molecule has 1 nitrogen and oxygen atoms in total. The molecule has 1 atom stereocenters. The van der Waals surface area contributed by atoms with Crippen LogP contribution in [-0.2, 0) is 13.1 Å². The van der Waals surface area contributed by atoms with E-state index in [9.17, 15) is 0 Å². The second-order valence-electron chi connectivity index (χ2n) is 6.67. The number of fused-ring (bicyclic) bond motifs is 1. The van der Waals surface area contributed by atoms with E-state index in [-0.39, 0.29) is 0 Å². The third-order valence-electron chi connectivity index (χ3n) is 4.77. The zero-order chi connectivity index (χ0) is 15.5. The van der Waals surface area contributed by atoms with Gasteiger partial charge in [-0.05, 0) is 53.6 Å². The first-order chi connectivity index (χ1) is 10.6. The van der Waals surface area contributed by atoms with Crippen LogP contribution in [0.25, 0.3) is 0 Å². The Morgan fingerprint density at radius 2 is 1.55 bits per heavy atom. The Morgan fingerprint density at radius 3 is 2.09 bits per heavy atom. The van der Waals surface area contributed by atoms with Gasteiger partial charge in [-0.25, -0.2) is 0 Å². The second kappa shape index (κ2) is 6.85. The fourth-order valence-electron chi connectivity index (χ4n) is 3.48. The lowest BCUT2D eigenvalue weighted by Gasteiger charge is -2.24. The maximum absolute atomic E-state index is 6.02. The first-order valence-electron chi connectivity index (χ1n) is 8.18. The van der Waals surface area contributed by atoms with Crippen LogP contribution in [0.4, 0.5) is 0 Å². The molecule has 1 unspecified atom stereocenters. The molecule has 0 aromatic heterocycles. The summed E-state index contributed by atoms with van der Waals surface area (Å²) in [6, 6.07) is 17.2. The van der Waals surface area contributed by atoms with E-state index in [4.69, 9.17) is 11.6 Å². The van der Waals surface area contributed by atoms with E-state index in [0.29, 0.717) is 11.8 Å². The molecule has 0 N–H and O–H groups in total. The van der Waals surface area contributed by atoms with E-state index < -0.39 is 0 Å². The van der Waals surface area contributed by atoms with Crippen LogP contribution in [0.3, 0.4) is 0 Å². The number of nitrogens with zero attached hydrogens (tertiary/aromatic N) is 1. The van der Waals surface area contributed by atoms with E-state index in [1.165, 1.54) is 23.1 Å². The summed E-state index contributed by atoms with van der Waals surface area (Å²) in [6.45, 7) is 7.99. The first-order valence-corrected chi connectivity index (χ1v) is 8.56. The highest BCUT2D eigenvalue weighted by Gasteiger charge is 2.21. The number of benzene rings is 2. The van der Waals surface area contributed by atoms with Crippen molar-refractivity contribution in [3.8, 4) is 0 Å². The molecule has 0 fully saturated rings. The van der Waals surface area contributed by atoms with E-state index in [1.54, 1.807) is 0 Å². The van der Waals surface area contributed by atoms with Crippen LogP contribution in [0.1, 0.15) is 42.9 Å². The fraction of sp³-hybridized carbons (Fsp3) is 0.400. The highest BCUT2D eigenvalue weighted by atomic mass is 35.5. The number of hydrogen-bond acceptors (Lipinski definition) is 1. The van der Waals surface area contributed by atoms with Gasteiger partial charge in [0.05, 0.1) is 0 Å². The van der Waals surface area contributed by atoms with Gasteiger partial charge >= 0.3 is 0 Å². The molecule has 2 heteroatoms. The molecule has 0 spiro atoms. The van der Waals surface area contributed by atoms with Crippen molar-refractivity contribution < 1.29 is 0 Å². The molecule has 1 aliphatic rings. The van der Waals surface area contributed by atoms with Crippen molar-refractivity contribution in [2.75, 3.05) is 6.54 Å². The molecule has 0 amide bonds. The second-order valence-corrected chi connectivity index (χ2v) is 7.11. The van der Waals surface area contributed by atoms with Crippen molar-refractivity contribution in [2.24, 2.45) is 5.92 Å². The largest absolute Gasteiger partial charge is 0.295 e. The summed E-state index contributed by atoms with van der Waals surface area (Å²) in [6.07, 6.45) is 1.20. The molecule has 1 heterocycles. The summed E-state index contributed by atoms with van der Waals surface area (Å²) in [7, 11) is 0. The average Bonchev–Trinajstić information content (AvgIpc) is 2.91. The van der Waals surface area contributed by atoms with Crippen LogP contribution < -0.4 is 0 Å². The SMILES string of the molecule is CC(C)C(CCN1Cc2ccccc2C1)c1ccc(Cl)cc1. The van der Waals surface area contributed by atoms with E-state index >= 15 is 0 Å². The van der Waals surface area contributed by atoms with E-state index in [0.717, 1.165) is 24.7 Å². The van der Waals surface area contributed by atoms with Crippen molar-refractivity contribution >= 4 is 11.6 Å². The topological polar surface area (TPSA) is 3.24 Å². The van der Waals surface area contributed by atoms with Gasteiger partial charge in [-0.3, -0.25) is 4.90 Å². The van der Waals surface area contributed by atoms with Crippen molar-refractivity contribution in [3.05, 3.63) is 70.2 Å². The lowest BCUT2D eigenvalue weighted by molar-refractivity contribution is 0.261. The molecule has 0 saturated heterocycles. The van der Waals surface area contributed by atoms with Crippen molar-refractivity contribution in [2.45, 2.75) is 39.3 Å². The van der Waals surface area contributed by atoms with Gasteiger partial charge in [0.1, 0.15) is 0 Å². The first kappa shape index (κ1) is 15.6. The van der Waals surface area contributed by atoms with Crippen LogP contribution in [0.15, 0.2) is 48.5 Å². The molecule has 2 aromatic carbocycles. The number of hydrogen-bond donors (Lipinski definition) is 0. The maximum atomic E-state index is 6.02. The van der Waals surface area contributed by atoms with Crippen LogP contribution in [0, 0.1) is 5.92 Å². The summed E-state index contributed by atoms with van der Waals surface area (Å²) in [5.74, 6) is 1.24. The quantitative estimate of drug-likeness (QED) is 0.706. The molecular weight excluding hydrogens is 290 g/mol. The highest BCUT2D eigenvalue weighted by molar-refractivity contribution is 6.30. The van der Waals surface area contributed by atoms with Crippen molar-refractivity contribution in [1.29, 1.82) is 0 Å². The Morgan fingerprint density at radius 1 is 0.955 bits per heavy atom. The maximum Gasteiger partial charge on any atom is 0.0406 e. The smallest absolute Gasteiger partial charge is 0.0406 e. The minimum atomic E-state index is 0.598. The molecule has 0 radical (unpaired) electrons. The number of rotatable bonds is 5.